The number of carbonyl (C=O) groups excluding carboxylic acids is 2. The van der Waals surface area contributed by atoms with Crippen LogP contribution in [-0.4, -0.2) is 52.8 Å². The number of halogens is 1. The van der Waals surface area contributed by atoms with Gasteiger partial charge >= 0.3 is 17.9 Å². The number of benzene rings is 1. The Kier molecular flexibility index (Phi) is 8.10. The van der Waals surface area contributed by atoms with E-state index in [4.69, 9.17) is 26.2 Å². The normalized spacial score (nSPS) is 12.8. The Morgan fingerprint density at radius 1 is 1.24 bits per heavy atom. The fraction of sp³-hybridized carbons (Fsp3) is 0.353. The second kappa shape index (κ2) is 9.80. The third-order valence-electron chi connectivity index (χ3n) is 3.11. The smallest absolute Gasteiger partial charge is 0.339 e. The standard InChI is InChI=1S/C17H19ClO7/c1-10(2)16(22)25-12(7-11(19)8-18)9-24-17(23)14-6-4-3-5-13(14)15(20)21/h3-6,11-12,19H,1,7-9H2,2H3,(H,20,21). The molecule has 2 N–H and O–H groups in total. The summed E-state index contributed by atoms with van der Waals surface area (Å²) in [7, 11) is 0. The van der Waals surface area contributed by atoms with E-state index in [0.717, 1.165) is 0 Å². The van der Waals surface area contributed by atoms with Crippen molar-refractivity contribution in [2.24, 2.45) is 0 Å². The quantitative estimate of drug-likeness (QED) is 0.388. The van der Waals surface area contributed by atoms with E-state index in [-0.39, 0.29) is 35.6 Å². The van der Waals surface area contributed by atoms with Crippen LogP contribution in [0.2, 0.25) is 0 Å². The number of aliphatic hydroxyl groups excluding tert-OH is 1. The largest absolute Gasteiger partial charge is 0.478 e. The van der Waals surface area contributed by atoms with E-state index in [1.807, 2.05) is 0 Å². The summed E-state index contributed by atoms with van der Waals surface area (Å²) >= 11 is 5.53. The van der Waals surface area contributed by atoms with Crippen LogP contribution in [0, 0.1) is 0 Å². The summed E-state index contributed by atoms with van der Waals surface area (Å²) in [6.07, 6.45) is -1.95. The molecule has 25 heavy (non-hydrogen) atoms. The van der Waals surface area contributed by atoms with Gasteiger partial charge in [-0.25, -0.2) is 14.4 Å². The van der Waals surface area contributed by atoms with E-state index in [9.17, 15) is 19.5 Å². The Hall–Kier alpha value is -2.38. The van der Waals surface area contributed by atoms with Gasteiger partial charge in [0, 0.05) is 17.9 Å². The van der Waals surface area contributed by atoms with Crippen molar-refractivity contribution in [1.82, 2.24) is 0 Å². The molecule has 1 aromatic rings. The Morgan fingerprint density at radius 3 is 2.36 bits per heavy atom. The van der Waals surface area contributed by atoms with Gasteiger partial charge in [-0.1, -0.05) is 18.7 Å². The molecule has 0 saturated heterocycles. The first-order valence-corrected chi connectivity index (χ1v) is 7.89. The minimum absolute atomic E-state index is 0.0453. The first kappa shape index (κ1) is 20.7. The molecule has 0 amide bonds. The molecule has 0 aliphatic rings. The average molecular weight is 371 g/mol. The van der Waals surface area contributed by atoms with E-state index in [1.54, 1.807) is 0 Å². The summed E-state index contributed by atoms with van der Waals surface area (Å²) in [4.78, 5) is 34.9. The molecular formula is C17H19ClO7. The van der Waals surface area contributed by atoms with Crippen LogP contribution in [0.5, 0.6) is 0 Å². The van der Waals surface area contributed by atoms with Gasteiger partial charge < -0.3 is 19.7 Å². The lowest BCUT2D eigenvalue weighted by atomic mass is 10.1. The second-order valence-electron chi connectivity index (χ2n) is 5.30. The molecule has 0 radical (unpaired) electrons. The van der Waals surface area contributed by atoms with Crippen molar-refractivity contribution < 1.29 is 34.1 Å². The molecule has 0 saturated carbocycles. The Bertz CT molecular complexity index is 656. The van der Waals surface area contributed by atoms with Gasteiger partial charge in [-0.05, 0) is 19.1 Å². The number of hydrogen-bond acceptors (Lipinski definition) is 6. The Labute approximate surface area is 149 Å². The second-order valence-corrected chi connectivity index (χ2v) is 5.61. The number of esters is 2. The maximum absolute atomic E-state index is 12.1. The van der Waals surface area contributed by atoms with Crippen molar-refractivity contribution >= 4 is 29.5 Å². The summed E-state index contributed by atoms with van der Waals surface area (Å²) in [5.74, 6) is -2.93. The first-order valence-electron chi connectivity index (χ1n) is 7.36. The molecule has 2 unspecified atom stereocenters. The Balaban J connectivity index is 2.81. The van der Waals surface area contributed by atoms with Crippen molar-refractivity contribution in [3.8, 4) is 0 Å². The van der Waals surface area contributed by atoms with Crippen molar-refractivity contribution in [3.05, 3.63) is 47.5 Å². The van der Waals surface area contributed by atoms with Gasteiger partial charge in [0.15, 0.2) is 0 Å². The molecule has 0 aliphatic carbocycles. The zero-order valence-corrected chi connectivity index (χ0v) is 14.4. The van der Waals surface area contributed by atoms with Crippen molar-refractivity contribution in [2.75, 3.05) is 12.5 Å². The van der Waals surface area contributed by atoms with Gasteiger partial charge in [0.1, 0.15) is 12.7 Å². The lowest BCUT2D eigenvalue weighted by molar-refractivity contribution is -0.147. The average Bonchev–Trinajstić information content (AvgIpc) is 2.58. The van der Waals surface area contributed by atoms with Gasteiger partial charge in [-0.15, -0.1) is 11.6 Å². The van der Waals surface area contributed by atoms with Crippen LogP contribution in [0.1, 0.15) is 34.1 Å². The molecule has 1 aromatic carbocycles. The van der Waals surface area contributed by atoms with Gasteiger partial charge in [-0.3, -0.25) is 0 Å². The van der Waals surface area contributed by atoms with E-state index in [1.165, 1.54) is 31.2 Å². The highest BCUT2D eigenvalue weighted by molar-refractivity contribution is 6.18. The number of aliphatic hydroxyl groups is 1. The number of aromatic carboxylic acids is 1. The van der Waals surface area contributed by atoms with Gasteiger partial charge in [-0.2, -0.15) is 0 Å². The molecule has 0 spiro atoms. The Morgan fingerprint density at radius 2 is 1.84 bits per heavy atom. The monoisotopic (exact) mass is 370 g/mol. The number of alkyl halides is 1. The fourth-order valence-corrected chi connectivity index (χ4v) is 1.99. The predicted octanol–water partition coefficient (Wildman–Crippen LogP) is 2.02. The highest BCUT2D eigenvalue weighted by Crippen LogP contribution is 2.13. The first-order chi connectivity index (χ1) is 11.8. The summed E-state index contributed by atoms with van der Waals surface area (Å²) < 4.78 is 10.1. The SMILES string of the molecule is C=C(C)C(=O)OC(COC(=O)c1ccccc1C(=O)O)CC(O)CCl. The molecule has 7 nitrogen and oxygen atoms in total. The highest BCUT2D eigenvalue weighted by Gasteiger charge is 2.23. The third-order valence-corrected chi connectivity index (χ3v) is 3.47. The van der Waals surface area contributed by atoms with Crippen LogP contribution >= 0.6 is 11.6 Å². The summed E-state index contributed by atoms with van der Waals surface area (Å²) in [6, 6.07) is 5.57. The zero-order valence-electron chi connectivity index (χ0n) is 13.6. The van der Waals surface area contributed by atoms with Crippen LogP contribution in [0.25, 0.3) is 0 Å². The summed E-state index contributed by atoms with van der Waals surface area (Å²) in [5.41, 5.74) is -0.186. The molecule has 0 aromatic heterocycles. The van der Waals surface area contributed by atoms with Crippen LogP contribution in [0.3, 0.4) is 0 Å². The zero-order chi connectivity index (χ0) is 19.0. The molecule has 0 bridgehead atoms. The van der Waals surface area contributed by atoms with Gasteiger partial charge in [0.05, 0.1) is 17.2 Å². The van der Waals surface area contributed by atoms with Crippen molar-refractivity contribution in [3.63, 3.8) is 0 Å². The van der Waals surface area contributed by atoms with E-state index >= 15 is 0 Å². The number of carboxylic acids is 1. The molecule has 2 atom stereocenters. The van der Waals surface area contributed by atoms with Crippen LogP contribution in [-0.2, 0) is 14.3 Å². The number of carboxylic acid groups (broad SMARTS) is 1. The van der Waals surface area contributed by atoms with Gasteiger partial charge in [0.2, 0.25) is 0 Å². The number of ether oxygens (including phenoxy) is 2. The minimum atomic E-state index is -1.27. The van der Waals surface area contributed by atoms with Crippen molar-refractivity contribution in [1.29, 1.82) is 0 Å². The number of carbonyl (C=O) groups is 3. The molecule has 0 heterocycles. The molecule has 1 rings (SSSR count). The maximum atomic E-state index is 12.1. The van der Waals surface area contributed by atoms with Crippen molar-refractivity contribution in [2.45, 2.75) is 25.6 Å². The molecule has 0 aliphatic heterocycles. The molecular weight excluding hydrogens is 352 g/mol. The van der Waals surface area contributed by atoms with E-state index in [2.05, 4.69) is 6.58 Å². The minimum Gasteiger partial charge on any atom is -0.478 e. The lowest BCUT2D eigenvalue weighted by Gasteiger charge is -2.20. The predicted molar refractivity (Wildman–Crippen MR) is 89.7 cm³/mol. The highest BCUT2D eigenvalue weighted by atomic mass is 35.5. The molecule has 8 heteroatoms. The summed E-state index contributed by atoms with van der Waals surface area (Å²) in [6.45, 7) is 4.53. The molecule has 136 valence electrons. The molecule has 0 fully saturated rings. The van der Waals surface area contributed by atoms with Gasteiger partial charge in [0.25, 0.3) is 0 Å². The number of hydrogen-bond donors (Lipinski definition) is 2. The fourth-order valence-electron chi connectivity index (χ4n) is 1.86. The topological polar surface area (TPSA) is 110 Å². The number of rotatable bonds is 9. The third kappa shape index (κ3) is 6.56. The van der Waals surface area contributed by atoms with Crippen LogP contribution < -0.4 is 0 Å². The summed E-state index contributed by atoms with van der Waals surface area (Å²) in [5, 5.41) is 18.7. The van der Waals surface area contributed by atoms with Crippen LogP contribution in [0.4, 0.5) is 0 Å². The lowest BCUT2D eigenvalue weighted by Crippen LogP contribution is -2.30. The maximum Gasteiger partial charge on any atom is 0.339 e. The van der Waals surface area contributed by atoms with E-state index < -0.39 is 30.1 Å². The van der Waals surface area contributed by atoms with E-state index in [0.29, 0.717) is 0 Å². The van der Waals surface area contributed by atoms with Crippen LogP contribution in [0.15, 0.2) is 36.4 Å².